The van der Waals surface area contributed by atoms with E-state index in [2.05, 4.69) is 31.2 Å². The van der Waals surface area contributed by atoms with Crippen molar-refractivity contribution >= 4 is 23.5 Å². The summed E-state index contributed by atoms with van der Waals surface area (Å²) < 4.78 is 0. The van der Waals surface area contributed by atoms with Gasteiger partial charge < -0.3 is 10.2 Å². The Balaban J connectivity index is 1.45. The van der Waals surface area contributed by atoms with Crippen molar-refractivity contribution in [3.63, 3.8) is 0 Å². The highest BCUT2D eigenvalue weighted by molar-refractivity contribution is 7.99. The molecule has 6 nitrogen and oxygen atoms in total. The van der Waals surface area contributed by atoms with E-state index in [0.29, 0.717) is 17.5 Å². The first-order valence-corrected chi connectivity index (χ1v) is 10.5. The number of hydrogen-bond acceptors (Lipinski definition) is 6. The maximum atomic E-state index is 12.1. The quantitative estimate of drug-likeness (QED) is 0.608. The summed E-state index contributed by atoms with van der Waals surface area (Å²) in [7, 11) is 0. The van der Waals surface area contributed by atoms with E-state index >= 15 is 0 Å². The molecule has 3 heterocycles. The van der Waals surface area contributed by atoms with Crippen molar-refractivity contribution in [3.05, 3.63) is 41.3 Å². The van der Waals surface area contributed by atoms with Crippen LogP contribution in [0.5, 0.6) is 0 Å². The first kappa shape index (κ1) is 19.6. The number of thioether (sulfide) groups is 1. The molecule has 1 fully saturated rings. The summed E-state index contributed by atoms with van der Waals surface area (Å²) in [4.78, 5) is 27.7. The van der Waals surface area contributed by atoms with E-state index < -0.39 is 0 Å². The molecular weight excluding hydrogens is 358 g/mol. The molecule has 1 amide bonds. The second-order valence-electron chi connectivity index (χ2n) is 6.92. The minimum atomic E-state index is -0.0284. The van der Waals surface area contributed by atoms with Gasteiger partial charge in [0.15, 0.2) is 5.16 Å². The maximum Gasteiger partial charge on any atom is 0.230 e. The maximum absolute atomic E-state index is 12.1. The Morgan fingerprint density at radius 1 is 1.11 bits per heavy atom. The van der Waals surface area contributed by atoms with Crippen LogP contribution in [0.2, 0.25) is 0 Å². The first-order chi connectivity index (χ1) is 13.1. The molecule has 0 unspecified atom stereocenters. The van der Waals surface area contributed by atoms with Crippen LogP contribution >= 0.6 is 11.8 Å². The first-order valence-electron chi connectivity index (χ1n) is 9.52. The normalized spacial score (nSPS) is 14.7. The van der Waals surface area contributed by atoms with Crippen LogP contribution in [-0.2, 0) is 11.3 Å². The van der Waals surface area contributed by atoms with Crippen molar-refractivity contribution in [1.82, 2.24) is 20.3 Å². The summed E-state index contributed by atoms with van der Waals surface area (Å²) in [5, 5.41) is 3.58. The average Bonchev–Trinajstić information content (AvgIpc) is 2.94. The van der Waals surface area contributed by atoms with Crippen molar-refractivity contribution < 1.29 is 4.79 Å². The molecule has 1 saturated heterocycles. The molecule has 0 bridgehead atoms. The Morgan fingerprint density at radius 2 is 1.81 bits per heavy atom. The highest BCUT2D eigenvalue weighted by atomic mass is 32.2. The zero-order valence-electron chi connectivity index (χ0n) is 16.1. The molecule has 1 N–H and O–H groups in total. The van der Waals surface area contributed by atoms with Crippen molar-refractivity contribution in [1.29, 1.82) is 0 Å². The Kier molecular flexibility index (Phi) is 7.04. The molecule has 1 aliphatic heterocycles. The predicted octanol–water partition coefficient (Wildman–Crippen LogP) is 3.28. The summed E-state index contributed by atoms with van der Waals surface area (Å²) in [5.74, 6) is 1.32. The van der Waals surface area contributed by atoms with E-state index in [1.807, 2.05) is 32.2 Å². The molecule has 3 rings (SSSR count). The Bertz CT molecular complexity index is 737. The minimum absolute atomic E-state index is 0.0284. The molecule has 0 atom stereocenters. The van der Waals surface area contributed by atoms with E-state index in [1.54, 1.807) is 0 Å². The molecule has 7 heteroatoms. The van der Waals surface area contributed by atoms with Gasteiger partial charge in [-0.1, -0.05) is 30.7 Å². The van der Waals surface area contributed by atoms with Gasteiger partial charge in [-0.25, -0.2) is 15.0 Å². The van der Waals surface area contributed by atoms with E-state index in [-0.39, 0.29) is 5.91 Å². The fourth-order valence-corrected chi connectivity index (χ4v) is 3.93. The van der Waals surface area contributed by atoms with E-state index in [0.717, 1.165) is 35.9 Å². The molecule has 0 saturated carbocycles. The number of pyridine rings is 1. The molecule has 27 heavy (non-hydrogen) atoms. The van der Waals surface area contributed by atoms with E-state index in [1.165, 1.54) is 37.4 Å². The lowest BCUT2D eigenvalue weighted by atomic mass is 10.2. The monoisotopic (exact) mass is 385 g/mol. The number of amides is 1. The standard InChI is InChI=1S/C20H27N5OS/c1-15-11-16(2)24-20(23-15)27-14-19(26)22-13-17-7-8-18(21-12-17)25-9-5-3-4-6-10-25/h7-8,11-12H,3-6,9-10,13-14H2,1-2H3,(H,22,26). The third-order valence-corrected chi connectivity index (χ3v) is 5.37. The third kappa shape index (κ3) is 6.20. The lowest BCUT2D eigenvalue weighted by molar-refractivity contribution is -0.118. The summed E-state index contributed by atoms with van der Waals surface area (Å²) in [6.07, 6.45) is 6.96. The fraction of sp³-hybridized carbons (Fsp3) is 0.500. The van der Waals surface area contributed by atoms with Crippen LogP contribution in [0.25, 0.3) is 0 Å². The average molecular weight is 386 g/mol. The molecule has 0 aromatic carbocycles. The highest BCUT2D eigenvalue weighted by Crippen LogP contribution is 2.17. The number of carbonyl (C=O) groups excluding carboxylic acids is 1. The minimum Gasteiger partial charge on any atom is -0.357 e. The molecular formula is C20H27N5OS. The van der Waals surface area contributed by atoms with Crippen LogP contribution in [0.3, 0.4) is 0 Å². The zero-order valence-corrected chi connectivity index (χ0v) is 16.9. The highest BCUT2D eigenvalue weighted by Gasteiger charge is 2.11. The largest absolute Gasteiger partial charge is 0.357 e. The van der Waals surface area contributed by atoms with Crippen molar-refractivity contribution in [3.8, 4) is 0 Å². The molecule has 0 aliphatic carbocycles. The van der Waals surface area contributed by atoms with E-state index in [9.17, 15) is 4.79 Å². The molecule has 0 spiro atoms. The Labute approximate surface area is 165 Å². The predicted molar refractivity (Wildman–Crippen MR) is 109 cm³/mol. The molecule has 2 aromatic rings. The van der Waals surface area contributed by atoms with Gasteiger partial charge in [0.2, 0.25) is 5.91 Å². The number of hydrogen-bond donors (Lipinski definition) is 1. The summed E-state index contributed by atoms with van der Waals surface area (Å²) in [5.41, 5.74) is 2.84. The smallest absolute Gasteiger partial charge is 0.230 e. The van der Waals surface area contributed by atoms with Gasteiger partial charge in [-0.3, -0.25) is 4.79 Å². The number of carbonyl (C=O) groups is 1. The number of rotatable bonds is 6. The lowest BCUT2D eigenvalue weighted by Crippen LogP contribution is -2.26. The Hall–Kier alpha value is -2.15. The van der Waals surface area contributed by atoms with Gasteiger partial charge in [-0.15, -0.1) is 0 Å². The van der Waals surface area contributed by atoms with Gasteiger partial charge in [0.05, 0.1) is 5.75 Å². The summed E-state index contributed by atoms with van der Waals surface area (Å²) >= 11 is 1.36. The summed E-state index contributed by atoms with van der Waals surface area (Å²) in [6, 6.07) is 6.03. The number of nitrogens with one attached hydrogen (secondary N) is 1. The van der Waals surface area contributed by atoms with Crippen molar-refractivity contribution in [2.45, 2.75) is 51.2 Å². The number of aryl methyl sites for hydroxylation is 2. The fourth-order valence-electron chi connectivity index (χ4n) is 3.15. The van der Waals surface area contributed by atoms with Crippen molar-refractivity contribution in [2.24, 2.45) is 0 Å². The van der Waals surface area contributed by atoms with Crippen molar-refractivity contribution in [2.75, 3.05) is 23.7 Å². The van der Waals surface area contributed by atoms with Crippen LogP contribution in [0.15, 0.2) is 29.6 Å². The Morgan fingerprint density at radius 3 is 2.44 bits per heavy atom. The molecule has 1 aliphatic rings. The zero-order chi connectivity index (χ0) is 19.1. The van der Waals surface area contributed by atoms with Gasteiger partial charge in [0, 0.05) is 37.2 Å². The second-order valence-corrected chi connectivity index (χ2v) is 7.87. The molecule has 144 valence electrons. The van der Waals surface area contributed by atoms with Crippen LogP contribution < -0.4 is 10.2 Å². The number of nitrogens with zero attached hydrogens (tertiary/aromatic N) is 4. The topological polar surface area (TPSA) is 71.0 Å². The molecule has 0 radical (unpaired) electrons. The number of anilines is 1. The van der Waals surface area contributed by atoms with Gasteiger partial charge in [-0.05, 0) is 44.4 Å². The van der Waals surface area contributed by atoms with Gasteiger partial charge in [0.1, 0.15) is 5.82 Å². The van der Waals surface area contributed by atoms with Crippen LogP contribution in [0, 0.1) is 13.8 Å². The van der Waals surface area contributed by atoms with Gasteiger partial charge >= 0.3 is 0 Å². The lowest BCUT2D eigenvalue weighted by Gasteiger charge is -2.21. The third-order valence-electron chi connectivity index (χ3n) is 4.52. The second kappa shape index (κ2) is 9.69. The van der Waals surface area contributed by atoms with Gasteiger partial charge in [-0.2, -0.15) is 0 Å². The van der Waals surface area contributed by atoms with Crippen LogP contribution in [0.1, 0.15) is 42.6 Å². The van der Waals surface area contributed by atoms with Crippen LogP contribution in [-0.4, -0.2) is 39.7 Å². The van der Waals surface area contributed by atoms with Gasteiger partial charge in [0.25, 0.3) is 0 Å². The molecule has 2 aromatic heterocycles. The summed E-state index contributed by atoms with van der Waals surface area (Å²) in [6.45, 7) is 6.52. The van der Waals surface area contributed by atoms with E-state index in [4.69, 9.17) is 0 Å². The SMILES string of the molecule is Cc1cc(C)nc(SCC(=O)NCc2ccc(N3CCCCCC3)nc2)n1. The van der Waals surface area contributed by atoms with Crippen LogP contribution in [0.4, 0.5) is 5.82 Å². The number of aromatic nitrogens is 3.